The van der Waals surface area contributed by atoms with E-state index in [0.717, 1.165) is 32.3 Å². The summed E-state index contributed by atoms with van der Waals surface area (Å²) in [5, 5.41) is 10.4. The summed E-state index contributed by atoms with van der Waals surface area (Å²) in [5.41, 5.74) is 0.0714. The SMILES string of the molecule is COCC(C)C(O)C1CCOC2(CCSCC2)C1. The fourth-order valence-corrected chi connectivity index (χ4v) is 4.51. The number of ether oxygens (including phenoxy) is 2. The maximum Gasteiger partial charge on any atom is 0.0701 e. The zero-order valence-corrected chi connectivity index (χ0v) is 12.4. The van der Waals surface area contributed by atoms with Crippen LogP contribution in [0.25, 0.3) is 0 Å². The highest BCUT2D eigenvalue weighted by atomic mass is 32.2. The Labute approximate surface area is 115 Å². The molecule has 2 saturated heterocycles. The Bertz CT molecular complexity index is 248. The first-order chi connectivity index (χ1) is 8.67. The van der Waals surface area contributed by atoms with Gasteiger partial charge in [0.2, 0.25) is 0 Å². The lowest BCUT2D eigenvalue weighted by molar-refractivity contribution is -0.128. The number of hydrogen-bond acceptors (Lipinski definition) is 4. The molecule has 106 valence electrons. The first kappa shape index (κ1) is 14.6. The molecule has 2 rings (SSSR count). The van der Waals surface area contributed by atoms with Gasteiger partial charge >= 0.3 is 0 Å². The first-order valence-corrected chi connectivity index (χ1v) is 8.21. The molecular formula is C14H26O3S. The van der Waals surface area contributed by atoms with E-state index in [4.69, 9.17) is 9.47 Å². The van der Waals surface area contributed by atoms with E-state index in [9.17, 15) is 5.11 Å². The van der Waals surface area contributed by atoms with Crippen LogP contribution in [-0.2, 0) is 9.47 Å². The fourth-order valence-electron chi connectivity index (χ4n) is 3.28. The molecule has 0 aromatic heterocycles. The van der Waals surface area contributed by atoms with E-state index in [1.165, 1.54) is 11.5 Å². The highest BCUT2D eigenvalue weighted by Gasteiger charge is 2.41. The van der Waals surface area contributed by atoms with Gasteiger partial charge in [0.25, 0.3) is 0 Å². The zero-order chi connectivity index (χ0) is 13.0. The van der Waals surface area contributed by atoms with Gasteiger partial charge in [-0.05, 0) is 43.1 Å². The Hall–Kier alpha value is 0.230. The summed E-state index contributed by atoms with van der Waals surface area (Å²) in [6, 6.07) is 0. The normalized spacial score (nSPS) is 31.2. The van der Waals surface area contributed by atoms with Crippen LogP contribution in [0.2, 0.25) is 0 Å². The molecule has 3 atom stereocenters. The van der Waals surface area contributed by atoms with Crippen molar-refractivity contribution in [3.8, 4) is 0 Å². The molecule has 2 fully saturated rings. The van der Waals surface area contributed by atoms with Crippen LogP contribution < -0.4 is 0 Å². The van der Waals surface area contributed by atoms with Crippen molar-refractivity contribution >= 4 is 11.8 Å². The van der Waals surface area contributed by atoms with Gasteiger partial charge in [0, 0.05) is 19.6 Å². The van der Waals surface area contributed by atoms with E-state index in [1.807, 2.05) is 11.8 Å². The summed E-state index contributed by atoms with van der Waals surface area (Å²) in [7, 11) is 1.70. The van der Waals surface area contributed by atoms with Gasteiger partial charge in [-0.1, -0.05) is 6.92 Å². The molecule has 3 unspecified atom stereocenters. The molecule has 4 heteroatoms. The lowest BCUT2D eigenvalue weighted by Crippen LogP contribution is -2.46. The minimum atomic E-state index is -0.250. The van der Waals surface area contributed by atoms with Crippen molar-refractivity contribution < 1.29 is 14.6 Å². The van der Waals surface area contributed by atoms with Gasteiger partial charge in [-0.15, -0.1) is 0 Å². The Kier molecular flexibility index (Phi) is 5.36. The maximum absolute atomic E-state index is 10.4. The molecule has 3 nitrogen and oxygen atoms in total. The van der Waals surface area contributed by atoms with Crippen molar-refractivity contribution in [3.63, 3.8) is 0 Å². The van der Waals surface area contributed by atoms with Gasteiger partial charge in [0.15, 0.2) is 0 Å². The number of methoxy groups -OCH3 is 1. The number of rotatable bonds is 4. The van der Waals surface area contributed by atoms with Crippen molar-refractivity contribution in [2.24, 2.45) is 11.8 Å². The third kappa shape index (κ3) is 3.41. The van der Waals surface area contributed by atoms with Crippen LogP contribution in [0.1, 0.15) is 32.6 Å². The van der Waals surface area contributed by atoms with E-state index < -0.39 is 0 Å². The summed E-state index contributed by atoms with van der Waals surface area (Å²) in [6.07, 6.45) is 4.08. The van der Waals surface area contributed by atoms with Crippen LogP contribution in [0.5, 0.6) is 0 Å². The van der Waals surface area contributed by atoms with Crippen LogP contribution in [0.15, 0.2) is 0 Å². The Morgan fingerprint density at radius 2 is 2.17 bits per heavy atom. The Morgan fingerprint density at radius 1 is 1.44 bits per heavy atom. The van der Waals surface area contributed by atoms with Crippen molar-refractivity contribution in [2.75, 3.05) is 31.8 Å². The molecule has 2 aliphatic rings. The first-order valence-electron chi connectivity index (χ1n) is 7.05. The average Bonchev–Trinajstić information content (AvgIpc) is 2.39. The third-order valence-electron chi connectivity index (χ3n) is 4.43. The smallest absolute Gasteiger partial charge is 0.0701 e. The van der Waals surface area contributed by atoms with E-state index in [1.54, 1.807) is 7.11 Å². The highest BCUT2D eigenvalue weighted by molar-refractivity contribution is 7.99. The summed E-state index contributed by atoms with van der Waals surface area (Å²) in [4.78, 5) is 0. The van der Waals surface area contributed by atoms with Crippen molar-refractivity contribution in [3.05, 3.63) is 0 Å². The summed E-state index contributed by atoms with van der Waals surface area (Å²) in [5.74, 6) is 3.01. The van der Waals surface area contributed by atoms with Crippen LogP contribution in [-0.4, -0.2) is 48.6 Å². The van der Waals surface area contributed by atoms with Crippen LogP contribution in [0.3, 0.4) is 0 Å². The average molecular weight is 274 g/mol. The second kappa shape index (κ2) is 6.60. The molecule has 0 aliphatic carbocycles. The van der Waals surface area contributed by atoms with Crippen molar-refractivity contribution in [1.29, 1.82) is 0 Å². The predicted molar refractivity (Wildman–Crippen MR) is 75.0 cm³/mol. The minimum Gasteiger partial charge on any atom is -0.392 e. The van der Waals surface area contributed by atoms with Gasteiger partial charge in [-0.3, -0.25) is 0 Å². The molecule has 2 heterocycles. The lowest BCUT2D eigenvalue weighted by Gasteiger charge is -2.45. The Balaban J connectivity index is 1.93. The van der Waals surface area contributed by atoms with Gasteiger partial charge < -0.3 is 14.6 Å². The standard InChI is InChI=1S/C14H26O3S/c1-11(10-16-2)13(15)12-3-6-17-14(9-12)4-7-18-8-5-14/h11-13,15H,3-10H2,1-2H3. The van der Waals surface area contributed by atoms with E-state index in [0.29, 0.717) is 12.5 Å². The maximum atomic E-state index is 10.4. The molecule has 0 amide bonds. The zero-order valence-electron chi connectivity index (χ0n) is 11.6. The molecule has 0 bridgehead atoms. The lowest BCUT2D eigenvalue weighted by atomic mass is 9.77. The van der Waals surface area contributed by atoms with Crippen molar-refractivity contribution in [2.45, 2.75) is 44.3 Å². The second-order valence-electron chi connectivity index (χ2n) is 5.82. The third-order valence-corrected chi connectivity index (χ3v) is 5.42. The van der Waals surface area contributed by atoms with Crippen LogP contribution >= 0.6 is 11.8 Å². The molecule has 18 heavy (non-hydrogen) atoms. The number of aliphatic hydroxyl groups excluding tert-OH is 1. The molecule has 2 aliphatic heterocycles. The van der Waals surface area contributed by atoms with E-state index in [2.05, 4.69) is 6.92 Å². The summed E-state index contributed by atoms with van der Waals surface area (Å²) >= 11 is 2.02. The topological polar surface area (TPSA) is 38.7 Å². The summed E-state index contributed by atoms with van der Waals surface area (Å²) < 4.78 is 11.2. The largest absolute Gasteiger partial charge is 0.392 e. The predicted octanol–water partition coefficient (Wildman–Crippen LogP) is 2.32. The number of thioether (sulfide) groups is 1. The van der Waals surface area contributed by atoms with Gasteiger partial charge in [0.05, 0.1) is 18.3 Å². The second-order valence-corrected chi connectivity index (χ2v) is 7.04. The quantitative estimate of drug-likeness (QED) is 0.854. The van der Waals surface area contributed by atoms with E-state index in [-0.39, 0.29) is 17.6 Å². The van der Waals surface area contributed by atoms with Crippen LogP contribution in [0, 0.1) is 11.8 Å². The molecule has 0 radical (unpaired) electrons. The van der Waals surface area contributed by atoms with Gasteiger partial charge in [-0.25, -0.2) is 0 Å². The highest BCUT2D eigenvalue weighted by Crippen LogP contribution is 2.41. The molecule has 0 saturated carbocycles. The van der Waals surface area contributed by atoms with Crippen molar-refractivity contribution in [1.82, 2.24) is 0 Å². The van der Waals surface area contributed by atoms with Crippen LogP contribution in [0.4, 0.5) is 0 Å². The molecule has 0 aromatic carbocycles. The van der Waals surface area contributed by atoms with Gasteiger partial charge in [0.1, 0.15) is 0 Å². The molecule has 1 N–H and O–H groups in total. The molecule has 1 spiro atoms. The monoisotopic (exact) mass is 274 g/mol. The Morgan fingerprint density at radius 3 is 2.83 bits per heavy atom. The summed E-state index contributed by atoms with van der Waals surface area (Å²) in [6.45, 7) is 3.53. The van der Waals surface area contributed by atoms with E-state index >= 15 is 0 Å². The molecular weight excluding hydrogens is 248 g/mol. The minimum absolute atomic E-state index is 0.0714. The number of hydrogen-bond donors (Lipinski definition) is 1. The van der Waals surface area contributed by atoms with Gasteiger partial charge in [-0.2, -0.15) is 11.8 Å². The fraction of sp³-hybridized carbons (Fsp3) is 1.00. The number of aliphatic hydroxyl groups is 1. The molecule has 0 aromatic rings.